The molecule has 3 nitrogen and oxygen atoms in total. The van der Waals surface area contributed by atoms with Crippen molar-refractivity contribution in [2.45, 2.75) is 26.0 Å². The van der Waals surface area contributed by atoms with Gasteiger partial charge in [0.2, 0.25) is 0 Å². The van der Waals surface area contributed by atoms with Crippen molar-refractivity contribution in [3.63, 3.8) is 0 Å². The largest absolute Gasteiger partial charge is 0.392 e. The number of rotatable bonds is 2. The van der Waals surface area contributed by atoms with Crippen LogP contribution in [0.25, 0.3) is 0 Å². The van der Waals surface area contributed by atoms with Crippen LogP contribution in [0, 0.1) is 0 Å². The molecule has 98 valence electrons. The van der Waals surface area contributed by atoms with Crippen molar-refractivity contribution in [3.8, 4) is 0 Å². The molecule has 0 amide bonds. The molecule has 1 aliphatic heterocycles. The molecule has 0 fully saturated rings. The van der Waals surface area contributed by atoms with Crippen LogP contribution in [-0.2, 0) is 19.6 Å². The van der Waals surface area contributed by atoms with E-state index in [0.717, 1.165) is 37.3 Å². The molecule has 2 aromatic rings. The van der Waals surface area contributed by atoms with E-state index in [2.05, 4.69) is 34.1 Å². The van der Waals surface area contributed by atoms with Gasteiger partial charge in [-0.1, -0.05) is 30.3 Å². The standard InChI is InChI=1S/C16H18N2O/c19-12-15-7-3-9-17-16(15)18-10-4-8-13-5-1-2-6-14(13)11-18/h1-3,5-7,9,19H,4,8,10-12H2. The quantitative estimate of drug-likeness (QED) is 0.894. The third-order valence-corrected chi connectivity index (χ3v) is 3.69. The van der Waals surface area contributed by atoms with Crippen LogP contribution in [0.15, 0.2) is 42.6 Å². The zero-order valence-electron chi connectivity index (χ0n) is 10.9. The molecule has 3 rings (SSSR count). The molecule has 1 N–H and O–H groups in total. The lowest BCUT2D eigenvalue weighted by molar-refractivity contribution is 0.281. The predicted molar refractivity (Wildman–Crippen MR) is 76.0 cm³/mol. The number of nitrogens with zero attached hydrogens (tertiary/aromatic N) is 2. The molecule has 0 saturated heterocycles. The second-order valence-corrected chi connectivity index (χ2v) is 4.94. The fourth-order valence-electron chi connectivity index (χ4n) is 2.72. The third kappa shape index (κ3) is 2.47. The number of pyridine rings is 1. The Kier molecular flexibility index (Phi) is 3.47. The number of aliphatic hydroxyl groups excluding tert-OH is 1. The second-order valence-electron chi connectivity index (χ2n) is 4.94. The van der Waals surface area contributed by atoms with Crippen molar-refractivity contribution in [2.24, 2.45) is 0 Å². The van der Waals surface area contributed by atoms with Gasteiger partial charge in [0.05, 0.1) is 6.61 Å². The average Bonchev–Trinajstić information content (AvgIpc) is 2.69. The Hall–Kier alpha value is -1.87. The smallest absolute Gasteiger partial charge is 0.134 e. The van der Waals surface area contributed by atoms with Gasteiger partial charge in [-0.15, -0.1) is 0 Å². The van der Waals surface area contributed by atoms with Gasteiger partial charge in [-0.05, 0) is 30.0 Å². The highest BCUT2D eigenvalue weighted by atomic mass is 16.3. The number of aromatic nitrogens is 1. The summed E-state index contributed by atoms with van der Waals surface area (Å²) in [5.74, 6) is 0.918. The molecule has 1 aromatic carbocycles. The van der Waals surface area contributed by atoms with Gasteiger partial charge < -0.3 is 10.0 Å². The number of aliphatic hydroxyl groups is 1. The SMILES string of the molecule is OCc1cccnc1N1CCCc2ccccc2C1. The van der Waals surface area contributed by atoms with Gasteiger partial charge in [0.1, 0.15) is 5.82 Å². The van der Waals surface area contributed by atoms with Crippen LogP contribution in [0.3, 0.4) is 0 Å². The van der Waals surface area contributed by atoms with Crippen molar-refractivity contribution in [1.82, 2.24) is 4.98 Å². The summed E-state index contributed by atoms with van der Waals surface area (Å²) in [4.78, 5) is 6.73. The fourth-order valence-corrected chi connectivity index (χ4v) is 2.72. The molecule has 0 spiro atoms. The van der Waals surface area contributed by atoms with Crippen LogP contribution in [0.1, 0.15) is 23.1 Å². The van der Waals surface area contributed by atoms with Gasteiger partial charge in [-0.3, -0.25) is 0 Å². The maximum atomic E-state index is 9.45. The zero-order valence-corrected chi connectivity index (χ0v) is 10.9. The Labute approximate surface area is 113 Å². The van der Waals surface area contributed by atoms with Gasteiger partial charge in [0, 0.05) is 24.8 Å². The van der Waals surface area contributed by atoms with Crippen LogP contribution < -0.4 is 4.90 Å². The van der Waals surface area contributed by atoms with Crippen LogP contribution in [0.5, 0.6) is 0 Å². The number of hydrogen-bond donors (Lipinski definition) is 1. The molecule has 1 aliphatic rings. The van der Waals surface area contributed by atoms with Crippen LogP contribution in [0.4, 0.5) is 5.82 Å². The van der Waals surface area contributed by atoms with E-state index >= 15 is 0 Å². The zero-order chi connectivity index (χ0) is 13.1. The van der Waals surface area contributed by atoms with Crippen molar-refractivity contribution in [1.29, 1.82) is 0 Å². The van der Waals surface area contributed by atoms with Gasteiger partial charge >= 0.3 is 0 Å². The summed E-state index contributed by atoms with van der Waals surface area (Å²) in [6, 6.07) is 12.4. The van der Waals surface area contributed by atoms with Crippen LogP contribution >= 0.6 is 0 Å². The van der Waals surface area contributed by atoms with E-state index in [1.165, 1.54) is 11.1 Å². The summed E-state index contributed by atoms with van der Waals surface area (Å²) < 4.78 is 0. The number of fused-ring (bicyclic) bond motifs is 1. The van der Waals surface area contributed by atoms with Crippen molar-refractivity contribution >= 4 is 5.82 Å². The number of benzene rings is 1. The Bertz CT molecular complexity index is 568. The third-order valence-electron chi connectivity index (χ3n) is 3.69. The van der Waals surface area contributed by atoms with Gasteiger partial charge in [0.25, 0.3) is 0 Å². The Morgan fingerprint density at radius 3 is 2.79 bits per heavy atom. The van der Waals surface area contributed by atoms with E-state index in [9.17, 15) is 5.11 Å². The fraction of sp³-hybridized carbons (Fsp3) is 0.312. The monoisotopic (exact) mass is 254 g/mol. The number of aryl methyl sites for hydroxylation is 1. The molecule has 3 heteroatoms. The topological polar surface area (TPSA) is 36.4 Å². The molecule has 0 atom stereocenters. The summed E-state index contributed by atoms with van der Waals surface area (Å²) in [7, 11) is 0. The predicted octanol–water partition coefficient (Wildman–Crippen LogP) is 2.53. The molecule has 0 unspecified atom stereocenters. The summed E-state index contributed by atoms with van der Waals surface area (Å²) in [5, 5.41) is 9.45. The van der Waals surface area contributed by atoms with Gasteiger partial charge in [-0.25, -0.2) is 4.98 Å². The maximum absolute atomic E-state index is 9.45. The lowest BCUT2D eigenvalue weighted by atomic mass is 10.0. The summed E-state index contributed by atoms with van der Waals surface area (Å²) in [5.41, 5.74) is 3.71. The molecule has 19 heavy (non-hydrogen) atoms. The molecule has 0 aliphatic carbocycles. The molecular formula is C16H18N2O. The van der Waals surface area contributed by atoms with E-state index in [1.807, 2.05) is 12.1 Å². The highest BCUT2D eigenvalue weighted by molar-refractivity contribution is 5.48. The highest BCUT2D eigenvalue weighted by Gasteiger charge is 2.17. The number of hydrogen-bond acceptors (Lipinski definition) is 3. The minimum absolute atomic E-state index is 0.0430. The first-order valence-corrected chi connectivity index (χ1v) is 6.75. The Morgan fingerprint density at radius 2 is 1.95 bits per heavy atom. The van der Waals surface area contributed by atoms with Crippen molar-refractivity contribution < 1.29 is 5.11 Å². The van der Waals surface area contributed by atoms with E-state index in [4.69, 9.17) is 0 Å². The first-order valence-electron chi connectivity index (χ1n) is 6.75. The minimum Gasteiger partial charge on any atom is -0.392 e. The van der Waals surface area contributed by atoms with Gasteiger partial charge in [-0.2, -0.15) is 0 Å². The maximum Gasteiger partial charge on any atom is 0.134 e. The van der Waals surface area contributed by atoms with E-state index < -0.39 is 0 Å². The summed E-state index contributed by atoms with van der Waals surface area (Å²) in [6.45, 7) is 1.90. The lowest BCUT2D eigenvalue weighted by Gasteiger charge is -2.24. The number of anilines is 1. The molecule has 2 heterocycles. The van der Waals surface area contributed by atoms with Gasteiger partial charge in [0.15, 0.2) is 0 Å². The normalized spacial score (nSPS) is 14.9. The summed E-state index contributed by atoms with van der Waals surface area (Å²) in [6.07, 6.45) is 4.04. The van der Waals surface area contributed by atoms with Crippen molar-refractivity contribution in [2.75, 3.05) is 11.4 Å². The Morgan fingerprint density at radius 1 is 1.11 bits per heavy atom. The van der Waals surface area contributed by atoms with E-state index in [0.29, 0.717) is 0 Å². The van der Waals surface area contributed by atoms with E-state index in [1.54, 1.807) is 6.20 Å². The van der Waals surface area contributed by atoms with E-state index in [-0.39, 0.29) is 6.61 Å². The first-order chi connectivity index (χ1) is 9.38. The van der Waals surface area contributed by atoms with Crippen molar-refractivity contribution in [3.05, 3.63) is 59.3 Å². The minimum atomic E-state index is 0.0430. The Balaban J connectivity index is 1.94. The lowest BCUT2D eigenvalue weighted by Crippen LogP contribution is -2.24. The highest BCUT2D eigenvalue weighted by Crippen LogP contribution is 2.24. The van der Waals surface area contributed by atoms with Crippen LogP contribution in [-0.4, -0.2) is 16.6 Å². The molecule has 0 saturated carbocycles. The first kappa shape index (κ1) is 12.2. The molecule has 0 bridgehead atoms. The molecule has 1 aromatic heterocycles. The average molecular weight is 254 g/mol. The molecular weight excluding hydrogens is 236 g/mol. The molecule has 0 radical (unpaired) electrons. The second kappa shape index (κ2) is 5.41. The summed E-state index contributed by atoms with van der Waals surface area (Å²) >= 11 is 0. The van der Waals surface area contributed by atoms with Crippen LogP contribution in [0.2, 0.25) is 0 Å².